The molecule has 0 saturated heterocycles. The van der Waals surface area contributed by atoms with Gasteiger partial charge in [0.05, 0.1) is 5.69 Å². The number of benzene rings is 2. The van der Waals surface area contributed by atoms with Gasteiger partial charge in [-0.25, -0.2) is 4.39 Å². The molecule has 0 atom stereocenters. The zero-order valence-electron chi connectivity index (χ0n) is 18.4. The molecule has 0 bridgehead atoms. The average molecular weight is 435 g/mol. The number of halogens is 1. The van der Waals surface area contributed by atoms with Crippen LogP contribution in [0.1, 0.15) is 41.4 Å². The van der Waals surface area contributed by atoms with Crippen LogP contribution in [0.15, 0.2) is 48.5 Å². The summed E-state index contributed by atoms with van der Waals surface area (Å²) in [5.41, 5.74) is 5.24. The molecule has 7 heteroatoms. The topological polar surface area (TPSA) is 69.3 Å². The van der Waals surface area contributed by atoms with E-state index in [2.05, 4.69) is 10.2 Å². The summed E-state index contributed by atoms with van der Waals surface area (Å²) in [7, 11) is 1.80. The normalized spacial score (nSPS) is 12.7. The first-order chi connectivity index (χ1) is 15.5. The maximum absolute atomic E-state index is 13.1. The summed E-state index contributed by atoms with van der Waals surface area (Å²) >= 11 is 0. The molecule has 0 unspecified atom stereocenters. The molecular formula is C25H27FN4O2. The van der Waals surface area contributed by atoms with Crippen LogP contribution in [-0.4, -0.2) is 47.0 Å². The third kappa shape index (κ3) is 4.56. The van der Waals surface area contributed by atoms with E-state index < -0.39 is 0 Å². The van der Waals surface area contributed by atoms with Crippen LogP contribution in [0.4, 0.5) is 10.1 Å². The van der Waals surface area contributed by atoms with E-state index in [4.69, 9.17) is 0 Å². The number of carbonyl (C=O) groups excluding carboxylic acids is 2. The Kier molecular flexibility index (Phi) is 6.35. The van der Waals surface area contributed by atoms with Crippen molar-refractivity contribution in [2.24, 2.45) is 0 Å². The minimum absolute atomic E-state index is 0.0234. The van der Waals surface area contributed by atoms with Crippen molar-refractivity contribution in [2.75, 3.05) is 25.0 Å². The van der Waals surface area contributed by atoms with Gasteiger partial charge in [0.25, 0.3) is 5.91 Å². The number of nitrogens with zero attached hydrogens (tertiary/aromatic N) is 3. The van der Waals surface area contributed by atoms with Crippen LogP contribution < -0.4 is 4.90 Å². The molecule has 0 radical (unpaired) electrons. The molecule has 0 saturated carbocycles. The Balaban J connectivity index is 1.32. The lowest BCUT2D eigenvalue weighted by molar-refractivity contribution is -0.118. The lowest BCUT2D eigenvalue weighted by Crippen LogP contribution is -2.28. The number of H-pyrrole nitrogens is 1. The van der Waals surface area contributed by atoms with Gasteiger partial charge in [-0.2, -0.15) is 5.10 Å². The number of rotatable bonds is 7. The fraction of sp³-hybridized carbons (Fsp3) is 0.320. The van der Waals surface area contributed by atoms with Gasteiger partial charge in [0.1, 0.15) is 5.82 Å². The molecule has 0 aliphatic carbocycles. The second-order valence-electron chi connectivity index (χ2n) is 8.11. The molecule has 2 amide bonds. The van der Waals surface area contributed by atoms with Gasteiger partial charge in [-0.15, -0.1) is 0 Å². The summed E-state index contributed by atoms with van der Waals surface area (Å²) in [4.78, 5) is 28.5. The van der Waals surface area contributed by atoms with Crippen molar-refractivity contribution in [3.8, 4) is 11.3 Å². The van der Waals surface area contributed by atoms with Gasteiger partial charge < -0.3 is 9.80 Å². The summed E-state index contributed by atoms with van der Waals surface area (Å²) in [5, 5.41) is 7.32. The minimum atomic E-state index is -0.271. The van der Waals surface area contributed by atoms with Crippen LogP contribution in [0.2, 0.25) is 0 Å². The molecule has 0 spiro atoms. The van der Waals surface area contributed by atoms with Gasteiger partial charge in [-0.3, -0.25) is 14.7 Å². The molecule has 0 fully saturated rings. The van der Waals surface area contributed by atoms with Gasteiger partial charge in [0, 0.05) is 49.1 Å². The highest BCUT2D eigenvalue weighted by Crippen LogP contribution is 2.29. The summed E-state index contributed by atoms with van der Waals surface area (Å²) in [6, 6.07) is 13.8. The fourth-order valence-electron chi connectivity index (χ4n) is 4.07. The molecule has 166 valence electrons. The smallest absolute Gasteiger partial charge is 0.253 e. The first-order valence-electron chi connectivity index (χ1n) is 10.9. The van der Waals surface area contributed by atoms with Crippen molar-refractivity contribution in [1.82, 2.24) is 15.1 Å². The van der Waals surface area contributed by atoms with Crippen molar-refractivity contribution < 1.29 is 14.0 Å². The molecule has 1 aliphatic heterocycles. The maximum atomic E-state index is 13.1. The Labute approximate surface area is 187 Å². The Morgan fingerprint density at radius 1 is 1.16 bits per heavy atom. The molecule has 3 aromatic rings. The Morgan fingerprint density at radius 3 is 2.69 bits per heavy atom. The lowest BCUT2D eigenvalue weighted by Gasteiger charge is -2.19. The number of hydrogen-bond acceptors (Lipinski definition) is 3. The van der Waals surface area contributed by atoms with Gasteiger partial charge in [0.15, 0.2) is 0 Å². The number of aromatic nitrogens is 2. The number of anilines is 1. The molecular weight excluding hydrogens is 407 g/mol. The van der Waals surface area contributed by atoms with Crippen molar-refractivity contribution >= 4 is 17.5 Å². The lowest BCUT2D eigenvalue weighted by atomic mass is 10.1. The number of nitrogens with one attached hydrogen (secondary N) is 1. The van der Waals surface area contributed by atoms with Crippen LogP contribution >= 0.6 is 0 Å². The first-order valence-corrected chi connectivity index (χ1v) is 10.9. The SMILES string of the molecule is CCC(=O)N1CCc2cc(C(=O)N(C)CCCc3cc(-c4ccc(F)cc4)n[nH]3)ccc21. The van der Waals surface area contributed by atoms with Crippen LogP contribution in [-0.2, 0) is 17.6 Å². The number of aromatic amines is 1. The standard InChI is InChI=1S/C25H27FN4O2/c1-3-24(31)30-14-12-18-15-19(8-11-23(18)30)25(32)29(2)13-4-5-21-16-22(28-27-21)17-6-9-20(26)10-7-17/h6-11,15-16H,3-5,12-14H2,1-2H3,(H,27,28). The van der Waals surface area contributed by atoms with Crippen molar-refractivity contribution in [3.63, 3.8) is 0 Å². The van der Waals surface area contributed by atoms with Crippen LogP contribution in [0.25, 0.3) is 11.3 Å². The summed E-state index contributed by atoms with van der Waals surface area (Å²) in [6.45, 7) is 3.15. The summed E-state index contributed by atoms with van der Waals surface area (Å²) < 4.78 is 13.1. The molecule has 4 rings (SSSR count). The molecule has 1 N–H and O–H groups in total. The van der Waals surface area contributed by atoms with Crippen LogP contribution in [0.3, 0.4) is 0 Å². The Hall–Kier alpha value is -3.48. The molecule has 1 aliphatic rings. The average Bonchev–Trinajstić information content (AvgIpc) is 3.45. The number of amides is 2. The number of carbonyl (C=O) groups is 2. The van der Waals surface area contributed by atoms with Gasteiger partial charge >= 0.3 is 0 Å². The zero-order valence-corrected chi connectivity index (χ0v) is 18.4. The van der Waals surface area contributed by atoms with E-state index >= 15 is 0 Å². The summed E-state index contributed by atoms with van der Waals surface area (Å²) in [6.07, 6.45) is 2.80. The highest BCUT2D eigenvalue weighted by molar-refractivity contribution is 5.98. The largest absolute Gasteiger partial charge is 0.342 e. The van der Waals surface area contributed by atoms with E-state index in [9.17, 15) is 14.0 Å². The van der Waals surface area contributed by atoms with Crippen molar-refractivity contribution in [3.05, 3.63) is 71.2 Å². The second-order valence-corrected chi connectivity index (χ2v) is 8.11. The van der Waals surface area contributed by atoms with E-state index in [1.54, 1.807) is 29.0 Å². The van der Waals surface area contributed by atoms with Crippen molar-refractivity contribution in [2.45, 2.75) is 32.6 Å². The molecule has 2 aromatic carbocycles. The summed E-state index contributed by atoms with van der Waals surface area (Å²) in [5.74, 6) is -0.182. The van der Waals surface area contributed by atoms with E-state index in [1.807, 2.05) is 31.2 Å². The molecule has 2 heterocycles. The van der Waals surface area contributed by atoms with E-state index in [0.717, 1.165) is 47.5 Å². The monoisotopic (exact) mass is 434 g/mol. The number of aryl methyl sites for hydroxylation is 1. The highest BCUT2D eigenvalue weighted by atomic mass is 19.1. The van der Waals surface area contributed by atoms with Gasteiger partial charge in [0.2, 0.25) is 5.91 Å². The van der Waals surface area contributed by atoms with E-state index in [1.165, 1.54) is 12.1 Å². The third-order valence-corrected chi connectivity index (χ3v) is 5.88. The zero-order chi connectivity index (χ0) is 22.7. The number of fused-ring (bicyclic) bond motifs is 1. The maximum Gasteiger partial charge on any atom is 0.253 e. The fourth-order valence-corrected chi connectivity index (χ4v) is 4.07. The van der Waals surface area contributed by atoms with Gasteiger partial charge in [-0.05, 0) is 73.4 Å². The second kappa shape index (κ2) is 9.34. The number of hydrogen-bond donors (Lipinski definition) is 1. The molecule has 1 aromatic heterocycles. The minimum Gasteiger partial charge on any atom is -0.342 e. The van der Waals surface area contributed by atoms with E-state index in [0.29, 0.717) is 25.1 Å². The quantitative estimate of drug-likeness (QED) is 0.605. The predicted molar refractivity (Wildman–Crippen MR) is 122 cm³/mol. The van der Waals surface area contributed by atoms with E-state index in [-0.39, 0.29) is 17.6 Å². The predicted octanol–water partition coefficient (Wildman–Crippen LogP) is 4.22. The Morgan fingerprint density at radius 2 is 1.94 bits per heavy atom. The van der Waals surface area contributed by atoms with Crippen LogP contribution in [0.5, 0.6) is 0 Å². The van der Waals surface area contributed by atoms with Crippen molar-refractivity contribution in [1.29, 1.82) is 0 Å². The molecule has 32 heavy (non-hydrogen) atoms. The van der Waals surface area contributed by atoms with Crippen LogP contribution in [0, 0.1) is 5.82 Å². The third-order valence-electron chi connectivity index (χ3n) is 5.88. The highest BCUT2D eigenvalue weighted by Gasteiger charge is 2.25. The molecule has 6 nitrogen and oxygen atoms in total. The van der Waals surface area contributed by atoms with Gasteiger partial charge in [-0.1, -0.05) is 6.92 Å². The Bertz CT molecular complexity index is 1120. The first kappa shape index (κ1) is 21.7.